The molecule has 0 radical (unpaired) electrons. The normalized spacial score (nSPS) is 24.9. The van der Waals surface area contributed by atoms with Crippen LogP contribution in [0.1, 0.15) is 32.1 Å². The molecule has 2 aromatic rings. The summed E-state index contributed by atoms with van der Waals surface area (Å²) in [4.78, 5) is 4.27. The summed E-state index contributed by atoms with van der Waals surface area (Å²) in [5.74, 6) is 1.01. The van der Waals surface area contributed by atoms with Gasteiger partial charge in [0.05, 0.1) is 12.1 Å². The van der Waals surface area contributed by atoms with Crippen LogP contribution >= 0.6 is 0 Å². The largest absolute Gasteiger partial charge is 0.391 e. The number of fused-ring (bicyclic) bond motifs is 1. The van der Waals surface area contributed by atoms with E-state index in [9.17, 15) is 5.11 Å². The average Bonchev–Trinajstić information content (AvgIpc) is 2.77. The van der Waals surface area contributed by atoms with Crippen LogP contribution in [0.5, 0.6) is 0 Å². The van der Waals surface area contributed by atoms with Crippen molar-refractivity contribution in [1.82, 2.24) is 9.38 Å². The van der Waals surface area contributed by atoms with Crippen molar-refractivity contribution < 1.29 is 5.11 Å². The number of pyridine rings is 1. The Balaban J connectivity index is 1.84. The maximum Gasteiger partial charge on any atom is 0.138 e. The first kappa shape index (κ1) is 11.5. The molecule has 0 bridgehead atoms. The standard InChI is InChI=1S/C14H19N3O/c18-12-6-3-1-2-5-11(12)16-14-8-4-7-13-15-9-10-17(13)14/h4,7-12,16,18H,1-3,5-6H2. The van der Waals surface area contributed by atoms with Crippen molar-refractivity contribution in [2.75, 3.05) is 5.32 Å². The van der Waals surface area contributed by atoms with Gasteiger partial charge in [-0.1, -0.05) is 25.3 Å². The van der Waals surface area contributed by atoms with Gasteiger partial charge in [-0.05, 0) is 25.0 Å². The van der Waals surface area contributed by atoms with Crippen molar-refractivity contribution in [3.63, 3.8) is 0 Å². The van der Waals surface area contributed by atoms with Crippen molar-refractivity contribution in [2.45, 2.75) is 44.2 Å². The number of rotatable bonds is 2. The minimum atomic E-state index is -0.244. The van der Waals surface area contributed by atoms with Gasteiger partial charge in [0.2, 0.25) is 0 Å². The molecule has 2 N–H and O–H groups in total. The minimum Gasteiger partial charge on any atom is -0.391 e. The summed E-state index contributed by atoms with van der Waals surface area (Å²) in [5.41, 5.74) is 0.933. The molecule has 4 nitrogen and oxygen atoms in total. The monoisotopic (exact) mass is 245 g/mol. The van der Waals surface area contributed by atoms with Crippen molar-refractivity contribution in [3.8, 4) is 0 Å². The Bertz CT molecular complexity index is 522. The van der Waals surface area contributed by atoms with Gasteiger partial charge < -0.3 is 10.4 Å². The lowest BCUT2D eigenvalue weighted by Crippen LogP contribution is -2.33. The van der Waals surface area contributed by atoms with E-state index in [0.29, 0.717) is 0 Å². The van der Waals surface area contributed by atoms with E-state index in [1.165, 1.54) is 12.8 Å². The molecule has 0 saturated heterocycles. The highest BCUT2D eigenvalue weighted by atomic mass is 16.3. The molecule has 0 aliphatic heterocycles. The second kappa shape index (κ2) is 4.98. The van der Waals surface area contributed by atoms with Gasteiger partial charge in [-0.15, -0.1) is 0 Å². The summed E-state index contributed by atoms with van der Waals surface area (Å²) >= 11 is 0. The van der Waals surface area contributed by atoms with Crippen molar-refractivity contribution in [3.05, 3.63) is 30.6 Å². The SMILES string of the molecule is OC1CCCCCC1Nc1cccc2nccn12. The Kier molecular flexibility index (Phi) is 3.19. The molecule has 1 fully saturated rings. The molecule has 0 aromatic carbocycles. The lowest BCUT2D eigenvalue weighted by Gasteiger charge is -2.23. The number of hydrogen-bond donors (Lipinski definition) is 2. The first-order valence-corrected chi connectivity index (χ1v) is 6.71. The van der Waals surface area contributed by atoms with Crippen LogP contribution in [0.3, 0.4) is 0 Å². The Morgan fingerprint density at radius 1 is 1.22 bits per heavy atom. The maximum atomic E-state index is 10.1. The van der Waals surface area contributed by atoms with Gasteiger partial charge in [0, 0.05) is 12.4 Å². The number of aliphatic hydroxyl groups is 1. The predicted octanol–water partition coefficient (Wildman–Crippen LogP) is 2.44. The lowest BCUT2D eigenvalue weighted by atomic mass is 10.1. The Hall–Kier alpha value is -1.55. The zero-order valence-corrected chi connectivity index (χ0v) is 10.4. The van der Waals surface area contributed by atoms with Crippen molar-refractivity contribution >= 4 is 11.5 Å². The smallest absolute Gasteiger partial charge is 0.138 e. The van der Waals surface area contributed by atoms with Crippen LogP contribution in [-0.4, -0.2) is 26.6 Å². The minimum absolute atomic E-state index is 0.153. The fourth-order valence-corrected chi connectivity index (χ4v) is 2.71. The third-order valence-corrected chi connectivity index (χ3v) is 3.74. The predicted molar refractivity (Wildman–Crippen MR) is 71.7 cm³/mol. The number of nitrogens with one attached hydrogen (secondary N) is 1. The van der Waals surface area contributed by atoms with Gasteiger partial charge in [0.1, 0.15) is 11.5 Å². The van der Waals surface area contributed by atoms with Crippen LogP contribution in [0.15, 0.2) is 30.6 Å². The highest BCUT2D eigenvalue weighted by Gasteiger charge is 2.21. The van der Waals surface area contributed by atoms with E-state index >= 15 is 0 Å². The Labute approximate surface area is 107 Å². The number of nitrogens with zero attached hydrogens (tertiary/aromatic N) is 2. The van der Waals surface area contributed by atoms with Gasteiger partial charge in [-0.2, -0.15) is 0 Å². The van der Waals surface area contributed by atoms with E-state index in [0.717, 1.165) is 30.7 Å². The topological polar surface area (TPSA) is 49.6 Å². The molecule has 2 aromatic heterocycles. The third-order valence-electron chi connectivity index (χ3n) is 3.74. The van der Waals surface area contributed by atoms with Gasteiger partial charge in [0.25, 0.3) is 0 Å². The molecular weight excluding hydrogens is 226 g/mol. The highest BCUT2D eigenvalue weighted by Crippen LogP contribution is 2.22. The van der Waals surface area contributed by atoms with Gasteiger partial charge >= 0.3 is 0 Å². The molecular formula is C14H19N3O. The molecule has 2 heterocycles. The zero-order valence-electron chi connectivity index (χ0n) is 10.4. The Morgan fingerprint density at radius 2 is 2.11 bits per heavy atom. The molecule has 2 unspecified atom stereocenters. The summed E-state index contributed by atoms with van der Waals surface area (Å²) < 4.78 is 2.03. The molecule has 96 valence electrons. The fraction of sp³-hybridized carbons (Fsp3) is 0.500. The summed E-state index contributed by atoms with van der Waals surface area (Å²) in [7, 11) is 0. The first-order valence-electron chi connectivity index (χ1n) is 6.71. The van der Waals surface area contributed by atoms with Gasteiger partial charge in [-0.25, -0.2) is 4.98 Å². The van der Waals surface area contributed by atoms with Crippen molar-refractivity contribution in [2.24, 2.45) is 0 Å². The van der Waals surface area contributed by atoms with E-state index in [1.807, 2.05) is 28.8 Å². The fourth-order valence-electron chi connectivity index (χ4n) is 2.71. The average molecular weight is 245 g/mol. The Morgan fingerprint density at radius 3 is 3.06 bits per heavy atom. The second-order valence-corrected chi connectivity index (χ2v) is 5.02. The molecule has 3 rings (SSSR count). The molecule has 18 heavy (non-hydrogen) atoms. The second-order valence-electron chi connectivity index (χ2n) is 5.02. The van der Waals surface area contributed by atoms with Crippen LogP contribution in [0, 0.1) is 0 Å². The first-order chi connectivity index (χ1) is 8.84. The quantitative estimate of drug-likeness (QED) is 0.799. The molecule has 2 atom stereocenters. The third kappa shape index (κ3) is 2.20. The van der Waals surface area contributed by atoms with E-state index in [-0.39, 0.29) is 12.1 Å². The molecule has 0 spiro atoms. The van der Waals surface area contributed by atoms with Gasteiger partial charge in [0.15, 0.2) is 0 Å². The summed E-state index contributed by atoms with van der Waals surface area (Å²) in [6.45, 7) is 0. The van der Waals surface area contributed by atoms with E-state index in [1.54, 1.807) is 6.20 Å². The lowest BCUT2D eigenvalue weighted by molar-refractivity contribution is 0.144. The van der Waals surface area contributed by atoms with Crippen LogP contribution in [0.4, 0.5) is 5.82 Å². The summed E-state index contributed by atoms with van der Waals surface area (Å²) in [6.07, 6.45) is 8.98. The van der Waals surface area contributed by atoms with Crippen LogP contribution < -0.4 is 5.32 Å². The summed E-state index contributed by atoms with van der Waals surface area (Å²) in [6, 6.07) is 6.16. The van der Waals surface area contributed by atoms with E-state index in [2.05, 4.69) is 10.3 Å². The number of anilines is 1. The van der Waals surface area contributed by atoms with Crippen LogP contribution in [0.25, 0.3) is 5.65 Å². The van der Waals surface area contributed by atoms with E-state index < -0.39 is 0 Å². The summed E-state index contributed by atoms with van der Waals surface area (Å²) in [5, 5.41) is 13.6. The highest BCUT2D eigenvalue weighted by molar-refractivity contribution is 5.50. The number of aromatic nitrogens is 2. The molecule has 0 amide bonds. The van der Waals surface area contributed by atoms with Crippen LogP contribution in [0.2, 0.25) is 0 Å². The maximum absolute atomic E-state index is 10.1. The molecule has 1 saturated carbocycles. The number of aliphatic hydroxyl groups excluding tert-OH is 1. The zero-order chi connectivity index (χ0) is 12.4. The molecule has 4 heteroatoms. The van der Waals surface area contributed by atoms with E-state index in [4.69, 9.17) is 0 Å². The molecule has 1 aliphatic carbocycles. The van der Waals surface area contributed by atoms with Crippen LogP contribution in [-0.2, 0) is 0 Å². The van der Waals surface area contributed by atoms with Gasteiger partial charge in [-0.3, -0.25) is 4.40 Å². The van der Waals surface area contributed by atoms with Crippen molar-refractivity contribution in [1.29, 1.82) is 0 Å². The number of hydrogen-bond acceptors (Lipinski definition) is 3. The number of imidazole rings is 1. The molecule has 1 aliphatic rings.